The van der Waals surface area contributed by atoms with E-state index in [1.54, 1.807) is 19.4 Å². The first-order chi connectivity index (χ1) is 6.81. The summed E-state index contributed by atoms with van der Waals surface area (Å²) in [4.78, 5) is 8.15. The maximum atomic E-state index is 5.06. The summed E-state index contributed by atoms with van der Waals surface area (Å²) in [5.74, 6) is 0.993. The molecule has 5 nitrogen and oxygen atoms in total. The first kappa shape index (κ1) is 8.89. The Bertz CT molecular complexity index is 491. The van der Waals surface area contributed by atoms with Crippen LogP contribution in [0.5, 0.6) is 5.88 Å². The molecule has 0 amide bonds. The lowest BCUT2D eigenvalue weighted by molar-refractivity contribution is 0.395. The van der Waals surface area contributed by atoms with E-state index >= 15 is 0 Å². The van der Waals surface area contributed by atoms with Gasteiger partial charge in [0.2, 0.25) is 5.88 Å². The molecule has 0 aromatic carbocycles. The van der Waals surface area contributed by atoms with Gasteiger partial charge in [0, 0.05) is 6.20 Å². The average Bonchev–Trinajstić information content (AvgIpc) is 2.65. The third-order valence-corrected chi connectivity index (χ3v) is 1.83. The number of methoxy groups -OCH3 is 1. The van der Waals surface area contributed by atoms with Crippen molar-refractivity contribution in [3.63, 3.8) is 0 Å². The zero-order chi connectivity index (χ0) is 9.97. The minimum atomic E-state index is 0.158. The van der Waals surface area contributed by atoms with E-state index in [2.05, 4.69) is 15.1 Å². The molecule has 0 radical (unpaired) electrons. The molecule has 2 heterocycles. The van der Waals surface area contributed by atoms with Gasteiger partial charge in [-0.2, -0.15) is 4.98 Å². The lowest BCUT2D eigenvalue weighted by Crippen LogP contribution is -1.91. The molecular weight excluding hydrogens is 202 g/mol. The lowest BCUT2D eigenvalue weighted by Gasteiger charge is -2.01. The van der Waals surface area contributed by atoms with Crippen LogP contribution in [0.25, 0.3) is 11.4 Å². The predicted octanol–water partition coefficient (Wildman–Crippen LogP) is 1.80. The third-order valence-electron chi connectivity index (χ3n) is 1.66. The summed E-state index contributed by atoms with van der Waals surface area (Å²) in [6, 6.07) is 3.60. The van der Waals surface area contributed by atoms with E-state index in [1.807, 2.05) is 6.07 Å². The Morgan fingerprint density at radius 2 is 2.43 bits per heavy atom. The quantitative estimate of drug-likeness (QED) is 0.764. The standard InChI is InChI=1S/C8H7N3O2S/c1-12-7-5(3-2-4-9-7)6-10-8(14)13-11-6/h2-4H,1H3,(H,10,11,14). The van der Waals surface area contributed by atoms with Crippen molar-refractivity contribution >= 4 is 12.2 Å². The Balaban J connectivity index is 2.55. The fraction of sp³-hybridized carbons (Fsp3) is 0.125. The molecule has 0 unspecified atom stereocenters. The molecule has 0 aliphatic heterocycles. The molecule has 72 valence electrons. The third kappa shape index (κ3) is 1.51. The smallest absolute Gasteiger partial charge is 0.314 e. The lowest BCUT2D eigenvalue weighted by atomic mass is 10.2. The maximum Gasteiger partial charge on any atom is 0.314 e. The second kappa shape index (κ2) is 3.59. The molecule has 0 atom stereocenters. The predicted molar refractivity (Wildman–Crippen MR) is 51.5 cm³/mol. The highest BCUT2D eigenvalue weighted by Gasteiger charge is 2.09. The van der Waals surface area contributed by atoms with Crippen LogP contribution < -0.4 is 4.74 Å². The monoisotopic (exact) mass is 209 g/mol. The van der Waals surface area contributed by atoms with Gasteiger partial charge in [0.25, 0.3) is 0 Å². The van der Waals surface area contributed by atoms with Gasteiger partial charge in [0.15, 0.2) is 5.82 Å². The summed E-state index contributed by atoms with van der Waals surface area (Å²) < 4.78 is 9.88. The van der Waals surface area contributed by atoms with E-state index in [-0.39, 0.29) is 4.84 Å². The van der Waals surface area contributed by atoms with Gasteiger partial charge in [-0.1, -0.05) is 0 Å². The molecule has 2 aromatic rings. The Morgan fingerprint density at radius 1 is 1.57 bits per heavy atom. The van der Waals surface area contributed by atoms with Crippen molar-refractivity contribution in [2.45, 2.75) is 0 Å². The van der Waals surface area contributed by atoms with Crippen molar-refractivity contribution in [2.75, 3.05) is 7.11 Å². The van der Waals surface area contributed by atoms with Crippen LogP contribution in [0.2, 0.25) is 0 Å². The fourth-order valence-electron chi connectivity index (χ4n) is 1.08. The minimum Gasteiger partial charge on any atom is -0.480 e. The van der Waals surface area contributed by atoms with Crippen LogP contribution in [0, 0.1) is 4.84 Å². The number of hydrogen-bond donors (Lipinski definition) is 1. The number of aromatic nitrogens is 3. The van der Waals surface area contributed by atoms with Crippen molar-refractivity contribution in [1.82, 2.24) is 15.1 Å². The Kier molecular flexibility index (Phi) is 2.28. The Labute approximate surface area is 84.7 Å². The molecule has 14 heavy (non-hydrogen) atoms. The topological polar surface area (TPSA) is 63.9 Å². The number of H-pyrrole nitrogens is 1. The van der Waals surface area contributed by atoms with Gasteiger partial charge < -0.3 is 9.26 Å². The van der Waals surface area contributed by atoms with Crippen molar-refractivity contribution in [3.8, 4) is 17.3 Å². The van der Waals surface area contributed by atoms with Crippen LogP contribution in [0.3, 0.4) is 0 Å². The van der Waals surface area contributed by atoms with E-state index in [4.69, 9.17) is 21.5 Å². The van der Waals surface area contributed by atoms with Gasteiger partial charge in [-0.3, -0.25) is 0 Å². The summed E-state index contributed by atoms with van der Waals surface area (Å²) in [6.07, 6.45) is 1.64. The van der Waals surface area contributed by atoms with Gasteiger partial charge in [0.05, 0.1) is 12.7 Å². The molecule has 0 aliphatic carbocycles. The van der Waals surface area contributed by atoms with E-state index in [0.29, 0.717) is 11.7 Å². The summed E-state index contributed by atoms with van der Waals surface area (Å²) in [5.41, 5.74) is 0.717. The largest absolute Gasteiger partial charge is 0.480 e. The number of nitrogens with zero attached hydrogens (tertiary/aromatic N) is 2. The zero-order valence-electron chi connectivity index (χ0n) is 7.35. The fourth-order valence-corrected chi connectivity index (χ4v) is 1.21. The number of pyridine rings is 1. The zero-order valence-corrected chi connectivity index (χ0v) is 8.17. The van der Waals surface area contributed by atoms with Gasteiger partial charge in [0.1, 0.15) is 0 Å². The number of hydrogen-bond acceptors (Lipinski definition) is 5. The molecule has 2 aromatic heterocycles. The van der Waals surface area contributed by atoms with Gasteiger partial charge in [-0.05, 0) is 24.4 Å². The molecular formula is C8H7N3O2S. The maximum absolute atomic E-state index is 5.06. The highest BCUT2D eigenvalue weighted by Crippen LogP contribution is 2.23. The normalized spacial score (nSPS) is 10.1. The number of nitrogens with one attached hydrogen (secondary N) is 1. The molecule has 0 aliphatic rings. The van der Waals surface area contributed by atoms with Crippen LogP contribution in [-0.4, -0.2) is 22.2 Å². The van der Waals surface area contributed by atoms with E-state index in [1.165, 1.54) is 0 Å². The Morgan fingerprint density at radius 3 is 3.07 bits per heavy atom. The van der Waals surface area contributed by atoms with E-state index in [9.17, 15) is 0 Å². The van der Waals surface area contributed by atoms with Gasteiger partial charge in [-0.25, -0.2) is 10.1 Å². The van der Waals surface area contributed by atoms with E-state index in [0.717, 1.165) is 5.56 Å². The summed E-state index contributed by atoms with van der Waals surface area (Å²) in [5, 5.41) is 2.59. The second-order valence-electron chi connectivity index (χ2n) is 2.49. The number of ether oxygens (including phenoxy) is 1. The summed E-state index contributed by atoms with van der Waals surface area (Å²) in [6.45, 7) is 0. The van der Waals surface area contributed by atoms with E-state index < -0.39 is 0 Å². The number of rotatable bonds is 2. The number of aromatic amines is 1. The van der Waals surface area contributed by atoms with Crippen molar-refractivity contribution in [3.05, 3.63) is 23.2 Å². The first-order valence-corrected chi connectivity index (χ1v) is 4.27. The minimum absolute atomic E-state index is 0.158. The van der Waals surface area contributed by atoms with Crippen LogP contribution in [-0.2, 0) is 0 Å². The highest BCUT2D eigenvalue weighted by atomic mass is 32.1. The van der Waals surface area contributed by atoms with Crippen molar-refractivity contribution in [2.24, 2.45) is 0 Å². The first-order valence-electron chi connectivity index (χ1n) is 3.86. The van der Waals surface area contributed by atoms with Crippen LogP contribution in [0.4, 0.5) is 0 Å². The van der Waals surface area contributed by atoms with Crippen LogP contribution >= 0.6 is 12.2 Å². The molecule has 0 spiro atoms. The highest BCUT2D eigenvalue weighted by molar-refractivity contribution is 7.71. The van der Waals surface area contributed by atoms with Gasteiger partial charge in [-0.15, -0.1) is 0 Å². The Hall–Kier alpha value is -1.69. The molecule has 0 fully saturated rings. The molecule has 6 heteroatoms. The van der Waals surface area contributed by atoms with Crippen molar-refractivity contribution in [1.29, 1.82) is 0 Å². The SMILES string of the molecule is COc1ncccc1-c1nc(=S)o[nH]1. The van der Waals surface area contributed by atoms with Gasteiger partial charge >= 0.3 is 4.84 Å². The molecule has 2 rings (SSSR count). The molecule has 0 bridgehead atoms. The van der Waals surface area contributed by atoms with Crippen LogP contribution in [0.1, 0.15) is 0 Å². The molecule has 0 saturated heterocycles. The second-order valence-corrected chi connectivity index (χ2v) is 2.84. The molecule has 0 saturated carbocycles. The van der Waals surface area contributed by atoms with Crippen LogP contribution in [0.15, 0.2) is 22.9 Å². The summed E-state index contributed by atoms with van der Waals surface area (Å²) >= 11 is 4.74. The molecule has 1 N–H and O–H groups in total. The average molecular weight is 209 g/mol. The summed E-state index contributed by atoms with van der Waals surface area (Å²) in [7, 11) is 1.54. The van der Waals surface area contributed by atoms with Crippen molar-refractivity contribution < 1.29 is 9.26 Å².